The average molecular weight is 311 g/mol. The van der Waals surface area contributed by atoms with Crippen LogP contribution in [0.2, 0.25) is 5.15 Å². The van der Waals surface area contributed by atoms with Gasteiger partial charge in [-0.05, 0) is 0 Å². The zero-order valence-corrected chi connectivity index (χ0v) is 10.3. The Kier molecular flexibility index (Phi) is 3.37. The van der Waals surface area contributed by atoms with E-state index >= 15 is 0 Å². The molecule has 19 heavy (non-hydrogen) atoms. The predicted molar refractivity (Wildman–Crippen MR) is 59.8 cm³/mol. The van der Waals surface area contributed by atoms with Crippen molar-refractivity contribution in [3.8, 4) is 10.6 Å². The summed E-state index contributed by atoms with van der Waals surface area (Å²) in [6.07, 6.45) is -2.83. The minimum atomic E-state index is -4.62. The van der Waals surface area contributed by atoms with Crippen LogP contribution in [0.4, 0.5) is 18.9 Å². The maximum absolute atomic E-state index is 12.4. The van der Waals surface area contributed by atoms with Crippen LogP contribution in [0.3, 0.4) is 0 Å². The molecule has 0 aliphatic rings. The van der Waals surface area contributed by atoms with Crippen molar-refractivity contribution in [1.82, 2.24) is 15.0 Å². The van der Waals surface area contributed by atoms with Crippen molar-refractivity contribution in [2.45, 2.75) is 6.18 Å². The summed E-state index contributed by atoms with van der Waals surface area (Å²) in [7, 11) is 0. The Hall–Kier alpha value is -1.81. The number of alkyl halides is 3. The number of hydrogen-bond donors (Lipinski definition) is 0. The maximum Gasteiger partial charge on any atom is 0.443 e. The zero-order valence-electron chi connectivity index (χ0n) is 8.68. The van der Waals surface area contributed by atoms with Gasteiger partial charge in [-0.2, -0.15) is 13.2 Å². The Balaban J connectivity index is 2.57. The van der Waals surface area contributed by atoms with E-state index in [1.165, 1.54) is 0 Å². The Bertz CT molecular complexity index is 645. The topological polar surface area (TPSA) is 81.8 Å². The molecule has 2 aromatic rings. The first kappa shape index (κ1) is 13.6. The lowest BCUT2D eigenvalue weighted by Gasteiger charge is -2.00. The highest BCUT2D eigenvalue weighted by Gasteiger charge is 2.35. The highest BCUT2D eigenvalue weighted by atomic mass is 35.5. The van der Waals surface area contributed by atoms with Crippen LogP contribution in [0.5, 0.6) is 0 Å². The van der Waals surface area contributed by atoms with Crippen LogP contribution < -0.4 is 0 Å². The molecule has 0 spiro atoms. The number of rotatable bonds is 2. The second-order valence-corrected chi connectivity index (χ2v) is 4.53. The molecule has 0 bridgehead atoms. The highest BCUT2D eigenvalue weighted by molar-refractivity contribution is 7.15. The fraction of sp³-hybridized carbons (Fsp3) is 0.125. The normalized spacial score (nSPS) is 11.6. The molecule has 100 valence electrons. The highest BCUT2D eigenvalue weighted by Crippen LogP contribution is 2.39. The van der Waals surface area contributed by atoms with Gasteiger partial charge in [0.1, 0.15) is 6.33 Å². The van der Waals surface area contributed by atoms with Gasteiger partial charge in [0.25, 0.3) is 0 Å². The Morgan fingerprint density at radius 3 is 2.53 bits per heavy atom. The smallest absolute Gasteiger partial charge is 0.258 e. The summed E-state index contributed by atoms with van der Waals surface area (Å²) in [6.45, 7) is 0. The lowest BCUT2D eigenvalue weighted by molar-refractivity contribution is -0.384. The van der Waals surface area contributed by atoms with Crippen molar-refractivity contribution in [1.29, 1.82) is 0 Å². The van der Waals surface area contributed by atoms with Gasteiger partial charge in [0, 0.05) is 6.20 Å². The molecule has 0 N–H and O–H groups in total. The molecule has 0 aliphatic carbocycles. The van der Waals surface area contributed by atoms with Crippen LogP contribution in [-0.2, 0) is 6.18 Å². The van der Waals surface area contributed by atoms with E-state index in [-0.39, 0.29) is 21.9 Å². The molecule has 11 heteroatoms. The summed E-state index contributed by atoms with van der Waals surface area (Å²) in [5, 5.41) is 9.26. The van der Waals surface area contributed by atoms with E-state index in [1.807, 2.05) is 0 Å². The van der Waals surface area contributed by atoms with Gasteiger partial charge >= 0.3 is 11.9 Å². The minimum Gasteiger partial charge on any atom is -0.258 e. The average Bonchev–Trinajstić information content (AvgIpc) is 2.76. The SMILES string of the molecule is O=[N+]([O-])c1c(Cl)ncnc1-c1cnc(C(F)(F)F)s1. The summed E-state index contributed by atoms with van der Waals surface area (Å²) in [5.41, 5.74) is -0.945. The van der Waals surface area contributed by atoms with E-state index in [2.05, 4.69) is 15.0 Å². The summed E-state index contributed by atoms with van der Waals surface area (Å²) in [5.74, 6) is 0. The van der Waals surface area contributed by atoms with Crippen molar-refractivity contribution < 1.29 is 18.1 Å². The van der Waals surface area contributed by atoms with E-state index in [0.717, 1.165) is 12.5 Å². The molecule has 6 nitrogen and oxygen atoms in total. The fourth-order valence-electron chi connectivity index (χ4n) is 1.21. The minimum absolute atomic E-state index is 0.108. The monoisotopic (exact) mass is 310 g/mol. The predicted octanol–water partition coefficient (Wildman–Crippen LogP) is 3.18. The summed E-state index contributed by atoms with van der Waals surface area (Å²) >= 11 is 5.78. The number of nitro groups is 1. The van der Waals surface area contributed by atoms with Crippen LogP contribution >= 0.6 is 22.9 Å². The molecule has 0 aromatic carbocycles. The fourth-order valence-corrected chi connectivity index (χ4v) is 2.20. The Morgan fingerprint density at radius 1 is 1.32 bits per heavy atom. The summed E-state index contributed by atoms with van der Waals surface area (Å²) in [6, 6.07) is 0. The van der Waals surface area contributed by atoms with Gasteiger partial charge < -0.3 is 0 Å². The standard InChI is InChI=1S/C8H2ClF3N4O2S/c9-6-5(16(17)18)4(14-2-15-6)3-1-13-7(19-3)8(10,11)12/h1-2H. The van der Waals surface area contributed by atoms with E-state index < -0.39 is 26.9 Å². The van der Waals surface area contributed by atoms with Crippen molar-refractivity contribution in [2.24, 2.45) is 0 Å². The van der Waals surface area contributed by atoms with E-state index in [1.54, 1.807) is 0 Å². The summed E-state index contributed by atoms with van der Waals surface area (Å²) < 4.78 is 37.2. The largest absolute Gasteiger partial charge is 0.443 e. The number of thiazole rings is 1. The van der Waals surface area contributed by atoms with Crippen LogP contribution in [0.15, 0.2) is 12.5 Å². The Morgan fingerprint density at radius 2 is 2.00 bits per heavy atom. The van der Waals surface area contributed by atoms with Gasteiger partial charge in [-0.15, -0.1) is 11.3 Å². The summed E-state index contributed by atoms with van der Waals surface area (Å²) in [4.78, 5) is 20.0. The van der Waals surface area contributed by atoms with Crippen molar-refractivity contribution >= 4 is 28.6 Å². The van der Waals surface area contributed by atoms with Gasteiger partial charge in [0.2, 0.25) is 5.15 Å². The van der Waals surface area contributed by atoms with Crippen molar-refractivity contribution in [3.63, 3.8) is 0 Å². The van der Waals surface area contributed by atoms with E-state index in [0.29, 0.717) is 0 Å². The van der Waals surface area contributed by atoms with Gasteiger partial charge in [0.05, 0.1) is 9.80 Å². The molecule has 2 rings (SSSR count). The van der Waals surface area contributed by atoms with Crippen LogP contribution in [0.25, 0.3) is 10.6 Å². The molecular weight excluding hydrogens is 309 g/mol. The third-order valence-electron chi connectivity index (χ3n) is 1.94. The molecule has 2 heterocycles. The molecule has 0 amide bonds. The van der Waals surface area contributed by atoms with Gasteiger partial charge in [-0.3, -0.25) is 10.1 Å². The second-order valence-electron chi connectivity index (χ2n) is 3.15. The molecular formula is C8H2ClF3N4O2S. The number of nitrogens with zero attached hydrogens (tertiary/aromatic N) is 4. The second kappa shape index (κ2) is 4.70. The maximum atomic E-state index is 12.4. The van der Waals surface area contributed by atoms with Crippen molar-refractivity contribution in [3.05, 3.63) is 32.8 Å². The molecule has 0 aliphatic heterocycles. The third-order valence-corrected chi connectivity index (χ3v) is 3.27. The molecule has 0 saturated heterocycles. The van der Waals surface area contributed by atoms with Gasteiger partial charge in [-0.25, -0.2) is 15.0 Å². The molecule has 0 fully saturated rings. The lowest BCUT2D eigenvalue weighted by atomic mass is 10.3. The number of hydrogen-bond acceptors (Lipinski definition) is 6. The first-order valence-corrected chi connectivity index (χ1v) is 5.68. The van der Waals surface area contributed by atoms with E-state index in [9.17, 15) is 23.3 Å². The quantitative estimate of drug-likeness (QED) is 0.483. The Labute approximate surface area is 112 Å². The first-order chi connectivity index (χ1) is 8.80. The molecule has 0 unspecified atom stereocenters. The van der Waals surface area contributed by atoms with Gasteiger partial charge in [-0.1, -0.05) is 11.6 Å². The number of halogens is 4. The number of aromatic nitrogens is 3. The molecule has 0 radical (unpaired) electrons. The van der Waals surface area contributed by atoms with Crippen LogP contribution in [0, 0.1) is 10.1 Å². The lowest BCUT2D eigenvalue weighted by Crippen LogP contribution is -2.02. The zero-order chi connectivity index (χ0) is 14.2. The molecule has 0 saturated carbocycles. The third kappa shape index (κ3) is 2.63. The molecule has 0 atom stereocenters. The molecule has 2 aromatic heterocycles. The van der Waals surface area contributed by atoms with Gasteiger partial charge in [0.15, 0.2) is 10.7 Å². The first-order valence-electron chi connectivity index (χ1n) is 4.49. The van der Waals surface area contributed by atoms with E-state index in [4.69, 9.17) is 11.6 Å². The van der Waals surface area contributed by atoms with Crippen LogP contribution in [0.1, 0.15) is 5.01 Å². The van der Waals surface area contributed by atoms with Crippen molar-refractivity contribution in [2.75, 3.05) is 0 Å². The van der Waals surface area contributed by atoms with Crippen LogP contribution in [-0.4, -0.2) is 19.9 Å².